The number of oxime groups is 1. The molecular weight excluding hydrogens is 216 g/mol. The molecule has 0 aromatic carbocycles. The molecule has 1 saturated heterocycles. The zero-order valence-electron chi connectivity index (χ0n) is 11.4. The first kappa shape index (κ1) is 14.5. The van der Waals surface area contributed by atoms with Crippen LogP contribution in [0.2, 0.25) is 0 Å². The molecule has 1 aliphatic rings. The zero-order chi connectivity index (χ0) is 12.7. The molecule has 1 rings (SSSR count). The fourth-order valence-corrected chi connectivity index (χ4v) is 2.07. The predicted molar refractivity (Wildman–Crippen MR) is 69.7 cm³/mol. The van der Waals surface area contributed by atoms with Crippen molar-refractivity contribution in [2.75, 3.05) is 32.8 Å². The van der Waals surface area contributed by atoms with Crippen molar-refractivity contribution in [3.63, 3.8) is 0 Å². The van der Waals surface area contributed by atoms with Crippen LogP contribution in [-0.4, -0.2) is 48.7 Å². The summed E-state index contributed by atoms with van der Waals surface area (Å²) in [6, 6.07) is 0. The van der Waals surface area contributed by atoms with E-state index in [1.165, 1.54) is 0 Å². The third-order valence-electron chi connectivity index (χ3n) is 3.30. The van der Waals surface area contributed by atoms with Crippen LogP contribution in [0.25, 0.3) is 0 Å². The highest BCUT2D eigenvalue weighted by Crippen LogP contribution is 2.13. The molecule has 0 amide bonds. The largest absolute Gasteiger partial charge is 0.411 e. The van der Waals surface area contributed by atoms with Gasteiger partial charge in [-0.1, -0.05) is 25.9 Å². The van der Waals surface area contributed by atoms with Crippen LogP contribution >= 0.6 is 0 Å². The number of ether oxygens (including phenoxy) is 1. The molecule has 0 saturated carbocycles. The Labute approximate surface area is 105 Å². The number of nitrogens with zero attached hydrogens (tertiary/aromatic N) is 2. The first-order valence-electron chi connectivity index (χ1n) is 6.64. The average Bonchev–Trinajstić information content (AvgIpc) is 2.28. The van der Waals surface area contributed by atoms with Gasteiger partial charge in [-0.05, 0) is 12.3 Å². The Hall–Kier alpha value is -0.610. The lowest BCUT2D eigenvalue weighted by Crippen LogP contribution is -2.41. The molecule has 1 unspecified atom stereocenters. The van der Waals surface area contributed by atoms with Crippen molar-refractivity contribution in [3.8, 4) is 0 Å². The van der Waals surface area contributed by atoms with Gasteiger partial charge in [0, 0.05) is 38.6 Å². The highest BCUT2D eigenvalue weighted by molar-refractivity contribution is 5.86. The van der Waals surface area contributed by atoms with Gasteiger partial charge in [-0.3, -0.25) is 0 Å². The van der Waals surface area contributed by atoms with Crippen LogP contribution in [0.3, 0.4) is 0 Å². The first-order chi connectivity index (χ1) is 8.13. The Bertz CT molecular complexity index is 242. The second-order valence-electron chi connectivity index (χ2n) is 5.34. The smallest absolute Gasteiger partial charge is 0.0624 e. The van der Waals surface area contributed by atoms with Crippen molar-refractivity contribution in [1.29, 1.82) is 0 Å². The molecule has 1 aliphatic heterocycles. The highest BCUT2D eigenvalue weighted by Gasteiger charge is 2.21. The maximum atomic E-state index is 8.79. The van der Waals surface area contributed by atoms with Crippen LogP contribution < -0.4 is 0 Å². The van der Waals surface area contributed by atoms with Crippen LogP contribution in [0.1, 0.15) is 33.6 Å². The fourth-order valence-electron chi connectivity index (χ4n) is 2.07. The maximum absolute atomic E-state index is 8.79. The lowest BCUT2D eigenvalue weighted by atomic mass is 9.98. The van der Waals surface area contributed by atoms with E-state index < -0.39 is 0 Å². The van der Waals surface area contributed by atoms with E-state index in [9.17, 15) is 0 Å². The Balaban J connectivity index is 2.09. The van der Waals surface area contributed by atoms with Gasteiger partial charge in [0.05, 0.1) is 12.3 Å². The molecule has 1 fully saturated rings. The molecule has 4 nitrogen and oxygen atoms in total. The molecule has 1 atom stereocenters. The summed E-state index contributed by atoms with van der Waals surface area (Å²) in [6.07, 6.45) is 2.02. The van der Waals surface area contributed by atoms with E-state index in [2.05, 4.69) is 30.8 Å². The van der Waals surface area contributed by atoms with Crippen molar-refractivity contribution >= 4 is 5.71 Å². The molecule has 0 aromatic heterocycles. The summed E-state index contributed by atoms with van der Waals surface area (Å²) in [7, 11) is 0. The number of hydrogen-bond acceptors (Lipinski definition) is 4. The Morgan fingerprint density at radius 1 is 1.47 bits per heavy atom. The van der Waals surface area contributed by atoms with E-state index in [-0.39, 0.29) is 0 Å². The second-order valence-corrected chi connectivity index (χ2v) is 5.34. The zero-order valence-corrected chi connectivity index (χ0v) is 11.4. The van der Waals surface area contributed by atoms with Crippen LogP contribution in [-0.2, 0) is 4.74 Å². The summed E-state index contributed by atoms with van der Waals surface area (Å²) in [5, 5.41) is 12.1. The van der Waals surface area contributed by atoms with E-state index in [0.717, 1.165) is 51.4 Å². The van der Waals surface area contributed by atoms with Crippen molar-refractivity contribution in [3.05, 3.63) is 0 Å². The summed E-state index contributed by atoms with van der Waals surface area (Å²) in [4.78, 5) is 2.38. The fraction of sp³-hybridized carbons (Fsp3) is 0.923. The van der Waals surface area contributed by atoms with Gasteiger partial charge < -0.3 is 14.8 Å². The Morgan fingerprint density at radius 2 is 2.24 bits per heavy atom. The molecule has 1 N–H and O–H groups in total. The van der Waals surface area contributed by atoms with Gasteiger partial charge in [-0.2, -0.15) is 0 Å². The molecule has 0 radical (unpaired) electrons. The van der Waals surface area contributed by atoms with Crippen molar-refractivity contribution in [2.24, 2.45) is 17.0 Å². The van der Waals surface area contributed by atoms with Gasteiger partial charge in [0.15, 0.2) is 0 Å². The molecule has 0 aromatic rings. The van der Waals surface area contributed by atoms with Gasteiger partial charge in [0.25, 0.3) is 0 Å². The summed E-state index contributed by atoms with van der Waals surface area (Å²) < 4.78 is 5.61. The number of likely N-dealkylation sites (tertiary alicyclic amines) is 1. The van der Waals surface area contributed by atoms with Gasteiger partial charge in [0.1, 0.15) is 0 Å². The van der Waals surface area contributed by atoms with Crippen molar-refractivity contribution in [1.82, 2.24) is 4.90 Å². The summed E-state index contributed by atoms with van der Waals surface area (Å²) in [5.74, 6) is 1.08. The minimum atomic E-state index is 0.365. The normalized spacial score (nSPS) is 24.7. The molecule has 1 heterocycles. The molecule has 17 heavy (non-hydrogen) atoms. The third kappa shape index (κ3) is 5.50. The lowest BCUT2D eigenvalue weighted by Gasteiger charge is -2.31. The van der Waals surface area contributed by atoms with E-state index in [1.54, 1.807) is 0 Å². The summed E-state index contributed by atoms with van der Waals surface area (Å²) in [5.41, 5.74) is 0.932. The Kier molecular flexibility index (Phi) is 6.52. The number of rotatable bonds is 6. The lowest BCUT2D eigenvalue weighted by molar-refractivity contribution is 0.0917. The minimum absolute atomic E-state index is 0.365. The van der Waals surface area contributed by atoms with Crippen molar-refractivity contribution < 1.29 is 9.94 Å². The average molecular weight is 242 g/mol. The summed E-state index contributed by atoms with van der Waals surface area (Å²) >= 11 is 0. The highest BCUT2D eigenvalue weighted by atomic mass is 16.5. The topological polar surface area (TPSA) is 45.1 Å². The third-order valence-corrected chi connectivity index (χ3v) is 3.30. The monoisotopic (exact) mass is 242 g/mol. The van der Waals surface area contributed by atoms with Crippen LogP contribution in [0.5, 0.6) is 0 Å². The first-order valence-corrected chi connectivity index (χ1v) is 6.64. The van der Waals surface area contributed by atoms with Crippen LogP contribution in [0, 0.1) is 11.8 Å². The molecule has 0 bridgehead atoms. The van der Waals surface area contributed by atoms with E-state index >= 15 is 0 Å². The number of hydrogen-bond donors (Lipinski definition) is 1. The molecule has 0 spiro atoms. The SMILES string of the molecule is CC(C)CCOCCN1CCC(=NO)C(C)C1. The quantitative estimate of drug-likeness (QED) is 0.441. The van der Waals surface area contributed by atoms with E-state index in [0.29, 0.717) is 11.8 Å². The van der Waals surface area contributed by atoms with Crippen LogP contribution in [0.4, 0.5) is 0 Å². The standard InChI is InChI=1S/C13H26N2O2/c1-11(2)5-8-17-9-7-15-6-4-13(14-16)12(3)10-15/h11-12,16H,4-10H2,1-3H3. The Morgan fingerprint density at radius 3 is 2.82 bits per heavy atom. The van der Waals surface area contributed by atoms with Crippen molar-refractivity contribution in [2.45, 2.75) is 33.6 Å². The second kappa shape index (κ2) is 7.67. The maximum Gasteiger partial charge on any atom is 0.0624 e. The van der Waals surface area contributed by atoms with E-state index in [1.807, 2.05) is 0 Å². The van der Waals surface area contributed by atoms with Crippen LogP contribution in [0.15, 0.2) is 5.16 Å². The molecule has 0 aliphatic carbocycles. The van der Waals surface area contributed by atoms with E-state index in [4.69, 9.17) is 9.94 Å². The summed E-state index contributed by atoms with van der Waals surface area (Å²) in [6.45, 7) is 11.2. The van der Waals surface area contributed by atoms with Gasteiger partial charge >= 0.3 is 0 Å². The predicted octanol–water partition coefficient (Wildman–Crippen LogP) is 2.22. The molecule has 100 valence electrons. The molecule has 4 heteroatoms. The number of piperidine rings is 1. The van der Waals surface area contributed by atoms with Gasteiger partial charge in [-0.15, -0.1) is 0 Å². The minimum Gasteiger partial charge on any atom is -0.411 e. The molecular formula is C13H26N2O2. The van der Waals surface area contributed by atoms with Gasteiger partial charge in [-0.25, -0.2) is 0 Å². The van der Waals surface area contributed by atoms with Gasteiger partial charge in [0.2, 0.25) is 0 Å².